The molecule has 0 radical (unpaired) electrons. The highest BCUT2D eigenvalue weighted by Crippen LogP contribution is 2.35. The number of aromatic nitrogens is 4. The summed E-state index contributed by atoms with van der Waals surface area (Å²) in [6, 6.07) is 2.98. The third kappa shape index (κ3) is 3.24. The van der Waals surface area contributed by atoms with Crippen LogP contribution in [0.4, 0.5) is 0 Å². The van der Waals surface area contributed by atoms with Gasteiger partial charge in [-0.05, 0) is 39.8 Å². The molecule has 0 fully saturated rings. The zero-order valence-electron chi connectivity index (χ0n) is 14.6. The number of sulfonamides is 1. The van der Waals surface area contributed by atoms with Crippen LogP contribution in [0.15, 0.2) is 21.6 Å². The van der Waals surface area contributed by atoms with Crippen molar-refractivity contribution in [1.29, 1.82) is 0 Å². The Morgan fingerprint density at radius 2 is 2.00 bits per heavy atom. The van der Waals surface area contributed by atoms with Crippen LogP contribution < -0.4 is 0 Å². The number of thiophene rings is 1. The van der Waals surface area contributed by atoms with Gasteiger partial charge in [-0.25, -0.2) is 8.42 Å². The SMILES string of the molecule is Cc1noc(C(C)N(C)S(=O)(=O)c2cc(-c3cc(C)[nH]n3)sc2C)n1. The van der Waals surface area contributed by atoms with Crippen LogP contribution in [0.2, 0.25) is 0 Å². The van der Waals surface area contributed by atoms with Crippen molar-refractivity contribution in [3.05, 3.63) is 34.4 Å². The summed E-state index contributed by atoms with van der Waals surface area (Å²) in [5.41, 5.74) is 1.65. The van der Waals surface area contributed by atoms with Gasteiger partial charge in [-0.15, -0.1) is 11.3 Å². The first-order chi connectivity index (χ1) is 11.7. The molecule has 3 aromatic heterocycles. The molecule has 0 bridgehead atoms. The average Bonchev–Trinajstić information content (AvgIpc) is 3.26. The first-order valence-corrected chi connectivity index (χ1v) is 9.87. The van der Waals surface area contributed by atoms with E-state index in [1.165, 1.54) is 22.7 Å². The molecule has 1 N–H and O–H groups in total. The molecule has 0 spiro atoms. The van der Waals surface area contributed by atoms with Crippen LogP contribution in [0.25, 0.3) is 10.6 Å². The topological polar surface area (TPSA) is 105 Å². The first kappa shape index (κ1) is 17.8. The number of nitrogens with one attached hydrogen (secondary N) is 1. The van der Waals surface area contributed by atoms with E-state index in [1.807, 2.05) is 13.0 Å². The molecular formula is C15H19N5O3S2. The van der Waals surface area contributed by atoms with Gasteiger partial charge in [-0.1, -0.05) is 5.16 Å². The lowest BCUT2D eigenvalue weighted by Crippen LogP contribution is -2.30. The predicted octanol–water partition coefficient (Wildman–Crippen LogP) is 2.83. The Balaban J connectivity index is 1.95. The molecule has 3 rings (SSSR count). The maximum Gasteiger partial charge on any atom is 0.244 e. The van der Waals surface area contributed by atoms with Crippen molar-refractivity contribution in [3.8, 4) is 10.6 Å². The summed E-state index contributed by atoms with van der Waals surface area (Å²) in [5, 5.41) is 10.8. The molecule has 0 saturated carbocycles. The van der Waals surface area contributed by atoms with Crippen molar-refractivity contribution in [2.24, 2.45) is 0 Å². The van der Waals surface area contributed by atoms with Gasteiger partial charge in [-0.3, -0.25) is 5.10 Å². The van der Waals surface area contributed by atoms with E-state index in [0.717, 1.165) is 16.3 Å². The van der Waals surface area contributed by atoms with E-state index in [4.69, 9.17) is 4.52 Å². The van der Waals surface area contributed by atoms with Crippen molar-refractivity contribution in [3.63, 3.8) is 0 Å². The minimum Gasteiger partial charge on any atom is -0.338 e. The summed E-state index contributed by atoms with van der Waals surface area (Å²) in [6.45, 7) is 7.09. The molecule has 3 heterocycles. The Labute approximate surface area is 149 Å². The number of nitrogens with zero attached hydrogens (tertiary/aromatic N) is 4. The fourth-order valence-electron chi connectivity index (χ4n) is 2.39. The molecule has 3 aromatic rings. The van der Waals surface area contributed by atoms with Crippen LogP contribution >= 0.6 is 11.3 Å². The van der Waals surface area contributed by atoms with E-state index in [0.29, 0.717) is 10.7 Å². The van der Waals surface area contributed by atoms with Crippen molar-refractivity contribution >= 4 is 21.4 Å². The Kier molecular flexibility index (Phi) is 4.52. The fourth-order valence-corrected chi connectivity index (χ4v) is 5.23. The van der Waals surface area contributed by atoms with Crippen LogP contribution in [0.1, 0.15) is 35.3 Å². The summed E-state index contributed by atoms with van der Waals surface area (Å²) < 4.78 is 32.4. The minimum atomic E-state index is -3.71. The molecule has 8 nitrogen and oxygen atoms in total. The van der Waals surface area contributed by atoms with Crippen molar-refractivity contribution in [1.82, 2.24) is 24.6 Å². The highest BCUT2D eigenvalue weighted by atomic mass is 32.2. The molecule has 134 valence electrons. The zero-order chi connectivity index (χ0) is 18.4. The molecule has 25 heavy (non-hydrogen) atoms. The van der Waals surface area contributed by atoms with Gasteiger partial charge in [-0.2, -0.15) is 14.4 Å². The van der Waals surface area contributed by atoms with Gasteiger partial charge < -0.3 is 4.52 Å². The molecule has 10 heteroatoms. The molecule has 0 saturated heterocycles. The average molecular weight is 381 g/mol. The standard InChI is InChI=1S/C15H19N5O3S2/c1-8-6-12(18-17-8)13-7-14(10(3)24-13)25(21,22)20(5)9(2)15-16-11(4)19-23-15/h6-7,9H,1-5H3,(H,17,18). The quantitative estimate of drug-likeness (QED) is 0.728. The van der Waals surface area contributed by atoms with Gasteiger partial charge in [0.1, 0.15) is 11.7 Å². The molecule has 0 aliphatic heterocycles. The van der Waals surface area contributed by atoms with Gasteiger partial charge >= 0.3 is 0 Å². The number of hydrogen-bond acceptors (Lipinski definition) is 7. The second-order valence-corrected chi connectivity index (χ2v) is 9.07. The number of rotatable bonds is 5. The maximum atomic E-state index is 13.0. The van der Waals surface area contributed by atoms with E-state index in [2.05, 4.69) is 20.3 Å². The molecule has 0 aliphatic carbocycles. The van der Waals surface area contributed by atoms with Crippen molar-refractivity contribution in [2.75, 3.05) is 7.05 Å². The van der Waals surface area contributed by atoms with Crippen LogP contribution in [-0.2, 0) is 10.0 Å². The third-order valence-corrected chi connectivity index (χ3v) is 7.19. The lowest BCUT2D eigenvalue weighted by Gasteiger charge is -2.21. The van der Waals surface area contributed by atoms with Crippen LogP contribution in [0, 0.1) is 20.8 Å². The van der Waals surface area contributed by atoms with Gasteiger partial charge in [0.15, 0.2) is 5.82 Å². The van der Waals surface area contributed by atoms with E-state index in [9.17, 15) is 8.42 Å². The van der Waals surface area contributed by atoms with Crippen molar-refractivity contribution in [2.45, 2.75) is 38.6 Å². The molecular weight excluding hydrogens is 362 g/mol. The van der Waals surface area contributed by atoms with Crippen LogP contribution in [0.3, 0.4) is 0 Å². The lowest BCUT2D eigenvalue weighted by atomic mass is 10.3. The predicted molar refractivity (Wildman–Crippen MR) is 93.8 cm³/mol. The number of H-pyrrole nitrogens is 1. The Morgan fingerprint density at radius 3 is 2.56 bits per heavy atom. The molecule has 0 aromatic carbocycles. The molecule has 0 amide bonds. The van der Waals surface area contributed by atoms with Crippen LogP contribution in [-0.4, -0.2) is 40.1 Å². The van der Waals surface area contributed by atoms with Crippen LogP contribution in [0.5, 0.6) is 0 Å². The number of hydrogen-bond donors (Lipinski definition) is 1. The summed E-state index contributed by atoms with van der Waals surface area (Å²) >= 11 is 1.40. The Bertz CT molecular complexity index is 1000. The van der Waals surface area contributed by atoms with Gasteiger partial charge in [0.25, 0.3) is 0 Å². The highest BCUT2D eigenvalue weighted by Gasteiger charge is 2.32. The molecule has 0 aliphatic rings. The van der Waals surface area contributed by atoms with E-state index in [1.54, 1.807) is 26.8 Å². The number of aryl methyl sites for hydroxylation is 3. The second-order valence-electron chi connectivity index (χ2n) is 5.84. The van der Waals surface area contributed by atoms with Gasteiger partial charge in [0.2, 0.25) is 15.9 Å². The van der Waals surface area contributed by atoms with E-state index < -0.39 is 16.1 Å². The summed E-state index contributed by atoms with van der Waals surface area (Å²) in [6.07, 6.45) is 0. The van der Waals surface area contributed by atoms with Gasteiger partial charge in [0.05, 0.1) is 9.77 Å². The van der Waals surface area contributed by atoms with E-state index >= 15 is 0 Å². The fraction of sp³-hybridized carbons (Fsp3) is 0.400. The highest BCUT2D eigenvalue weighted by molar-refractivity contribution is 7.89. The Hall–Kier alpha value is -2.04. The normalized spacial score (nSPS) is 13.5. The van der Waals surface area contributed by atoms with E-state index in [-0.39, 0.29) is 10.8 Å². The zero-order valence-corrected chi connectivity index (χ0v) is 16.2. The number of aromatic amines is 1. The van der Waals surface area contributed by atoms with Crippen molar-refractivity contribution < 1.29 is 12.9 Å². The summed E-state index contributed by atoms with van der Waals surface area (Å²) in [7, 11) is -2.20. The van der Waals surface area contributed by atoms with Gasteiger partial charge in [0, 0.05) is 17.6 Å². The Morgan fingerprint density at radius 1 is 1.28 bits per heavy atom. The maximum absolute atomic E-state index is 13.0. The molecule has 1 unspecified atom stereocenters. The monoisotopic (exact) mass is 381 g/mol. The summed E-state index contributed by atoms with van der Waals surface area (Å²) in [4.78, 5) is 5.89. The largest absolute Gasteiger partial charge is 0.338 e. The smallest absolute Gasteiger partial charge is 0.244 e. The second kappa shape index (κ2) is 6.36. The lowest BCUT2D eigenvalue weighted by molar-refractivity contribution is 0.289. The molecule has 1 atom stereocenters. The minimum absolute atomic E-state index is 0.263. The first-order valence-electron chi connectivity index (χ1n) is 7.61. The summed E-state index contributed by atoms with van der Waals surface area (Å²) in [5.74, 6) is 0.732. The third-order valence-electron chi connectivity index (χ3n) is 3.93.